The molecule has 0 bridgehead atoms. The van der Waals surface area contributed by atoms with E-state index in [0.29, 0.717) is 6.61 Å². The smallest absolute Gasteiger partial charge is 0.0810 e. The molecule has 0 radical (unpaired) electrons. The van der Waals surface area contributed by atoms with Gasteiger partial charge in [0, 0.05) is 0 Å². The zero-order chi connectivity index (χ0) is 10.4. The predicted octanol–water partition coefficient (Wildman–Crippen LogP) is 2.36. The average molecular weight is 194 g/mol. The molecule has 0 aromatic heterocycles. The molecule has 0 saturated carbocycles. The van der Waals surface area contributed by atoms with Crippen LogP contribution in [-0.4, -0.2) is 17.3 Å². The van der Waals surface area contributed by atoms with E-state index in [2.05, 4.69) is 0 Å². The molecule has 1 aromatic carbocycles. The van der Waals surface area contributed by atoms with Gasteiger partial charge in [-0.1, -0.05) is 37.3 Å². The van der Waals surface area contributed by atoms with Crippen LogP contribution in [0.1, 0.15) is 25.8 Å². The van der Waals surface area contributed by atoms with Crippen LogP contribution in [0.25, 0.3) is 0 Å². The molecule has 2 heteroatoms. The van der Waals surface area contributed by atoms with E-state index in [4.69, 9.17) is 4.74 Å². The summed E-state index contributed by atoms with van der Waals surface area (Å²) in [5, 5.41) is 9.48. The topological polar surface area (TPSA) is 29.5 Å². The Labute approximate surface area is 85.5 Å². The highest BCUT2D eigenvalue weighted by Gasteiger charge is 2.11. The molecule has 0 aliphatic heterocycles. The van der Waals surface area contributed by atoms with Crippen molar-refractivity contribution < 1.29 is 9.84 Å². The highest BCUT2D eigenvalue weighted by molar-refractivity contribution is 5.13. The molecule has 1 aromatic rings. The van der Waals surface area contributed by atoms with Gasteiger partial charge in [-0.25, -0.2) is 0 Å². The summed E-state index contributed by atoms with van der Waals surface area (Å²) in [4.78, 5) is 0. The quantitative estimate of drug-likeness (QED) is 0.779. The SMILES string of the molecule is CC[C@@H](O)C(C)OCc1ccccc1. The molecule has 0 aliphatic carbocycles. The van der Waals surface area contributed by atoms with Gasteiger partial charge in [0.1, 0.15) is 0 Å². The lowest BCUT2D eigenvalue weighted by Gasteiger charge is -2.17. The molecule has 2 atom stereocenters. The van der Waals surface area contributed by atoms with Crippen molar-refractivity contribution in [3.63, 3.8) is 0 Å². The number of benzene rings is 1. The molecular formula is C12H18O2. The summed E-state index contributed by atoms with van der Waals surface area (Å²) >= 11 is 0. The average Bonchev–Trinajstić information content (AvgIpc) is 2.26. The summed E-state index contributed by atoms with van der Waals surface area (Å²) < 4.78 is 5.53. The van der Waals surface area contributed by atoms with Crippen molar-refractivity contribution in [3.8, 4) is 0 Å². The lowest BCUT2D eigenvalue weighted by Crippen LogP contribution is -2.24. The fourth-order valence-electron chi connectivity index (χ4n) is 1.24. The number of ether oxygens (including phenoxy) is 1. The molecule has 1 rings (SSSR count). The van der Waals surface area contributed by atoms with E-state index in [1.807, 2.05) is 44.2 Å². The molecule has 78 valence electrons. The molecule has 2 nitrogen and oxygen atoms in total. The maximum absolute atomic E-state index is 9.48. The maximum Gasteiger partial charge on any atom is 0.0810 e. The highest BCUT2D eigenvalue weighted by atomic mass is 16.5. The van der Waals surface area contributed by atoms with Crippen LogP contribution in [0.4, 0.5) is 0 Å². The third kappa shape index (κ3) is 3.48. The lowest BCUT2D eigenvalue weighted by molar-refractivity contribution is -0.0360. The van der Waals surface area contributed by atoms with E-state index in [-0.39, 0.29) is 12.2 Å². The minimum absolute atomic E-state index is 0.0970. The molecule has 0 amide bonds. The van der Waals surface area contributed by atoms with Gasteiger partial charge < -0.3 is 9.84 Å². The largest absolute Gasteiger partial charge is 0.390 e. The zero-order valence-electron chi connectivity index (χ0n) is 8.81. The number of aliphatic hydroxyl groups is 1. The van der Waals surface area contributed by atoms with Gasteiger partial charge >= 0.3 is 0 Å². The van der Waals surface area contributed by atoms with Crippen molar-refractivity contribution in [1.82, 2.24) is 0 Å². The van der Waals surface area contributed by atoms with E-state index < -0.39 is 0 Å². The van der Waals surface area contributed by atoms with Gasteiger partial charge in [-0.2, -0.15) is 0 Å². The van der Waals surface area contributed by atoms with Crippen molar-refractivity contribution >= 4 is 0 Å². The normalized spacial score (nSPS) is 15.1. The first-order valence-electron chi connectivity index (χ1n) is 5.07. The fourth-order valence-corrected chi connectivity index (χ4v) is 1.24. The van der Waals surface area contributed by atoms with Gasteiger partial charge in [-0.05, 0) is 18.9 Å². The third-order valence-electron chi connectivity index (χ3n) is 2.32. The molecule has 1 unspecified atom stereocenters. The van der Waals surface area contributed by atoms with E-state index in [1.165, 1.54) is 0 Å². The van der Waals surface area contributed by atoms with Gasteiger partial charge in [0.15, 0.2) is 0 Å². The highest BCUT2D eigenvalue weighted by Crippen LogP contribution is 2.07. The molecule has 1 N–H and O–H groups in total. The molecule has 0 aliphatic rings. The Kier molecular flexibility index (Phi) is 4.63. The van der Waals surface area contributed by atoms with Crippen LogP contribution in [0.2, 0.25) is 0 Å². The monoisotopic (exact) mass is 194 g/mol. The molecule has 0 fully saturated rings. The second-order valence-electron chi connectivity index (χ2n) is 3.48. The zero-order valence-corrected chi connectivity index (χ0v) is 8.81. The summed E-state index contributed by atoms with van der Waals surface area (Å²) in [5.41, 5.74) is 1.14. The van der Waals surface area contributed by atoms with E-state index in [9.17, 15) is 5.11 Å². The van der Waals surface area contributed by atoms with Crippen molar-refractivity contribution in [1.29, 1.82) is 0 Å². The maximum atomic E-state index is 9.48. The van der Waals surface area contributed by atoms with E-state index >= 15 is 0 Å². The van der Waals surface area contributed by atoms with Crippen molar-refractivity contribution in [2.75, 3.05) is 0 Å². The van der Waals surface area contributed by atoms with Crippen molar-refractivity contribution in [3.05, 3.63) is 35.9 Å². The Hall–Kier alpha value is -0.860. The Balaban J connectivity index is 2.34. The summed E-state index contributed by atoms with van der Waals surface area (Å²) in [6.45, 7) is 4.42. The van der Waals surface area contributed by atoms with Gasteiger partial charge in [-0.15, -0.1) is 0 Å². The van der Waals surface area contributed by atoms with E-state index in [1.54, 1.807) is 0 Å². The van der Waals surface area contributed by atoms with Crippen LogP contribution in [-0.2, 0) is 11.3 Å². The first kappa shape index (κ1) is 11.2. The third-order valence-corrected chi connectivity index (χ3v) is 2.32. The molecule has 14 heavy (non-hydrogen) atoms. The number of aliphatic hydroxyl groups excluding tert-OH is 1. The Morgan fingerprint density at radius 3 is 2.50 bits per heavy atom. The van der Waals surface area contributed by atoms with E-state index in [0.717, 1.165) is 12.0 Å². The standard InChI is InChI=1S/C12H18O2/c1-3-12(13)10(2)14-9-11-7-5-4-6-8-11/h4-8,10,12-13H,3,9H2,1-2H3/t10?,12-/m1/s1. The van der Waals surface area contributed by atoms with Crippen LogP contribution < -0.4 is 0 Å². The number of rotatable bonds is 5. The lowest BCUT2D eigenvalue weighted by atomic mass is 10.2. The summed E-state index contributed by atoms with van der Waals surface area (Å²) in [6, 6.07) is 9.99. The van der Waals surface area contributed by atoms with Gasteiger partial charge in [-0.3, -0.25) is 0 Å². The molecule has 0 spiro atoms. The Bertz CT molecular complexity index is 246. The van der Waals surface area contributed by atoms with Crippen molar-refractivity contribution in [2.24, 2.45) is 0 Å². The number of hydrogen-bond acceptors (Lipinski definition) is 2. The minimum Gasteiger partial charge on any atom is -0.390 e. The minimum atomic E-state index is -0.362. The molecule has 0 saturated heterocycles. The van der Waals surface area contributed by atoms with Gasteiger partial charge in [0.05, 0.1) is 18.8 Å². The predicted molar refractivity (Wildman–Crippen MR) is 57.0 cm³/mol. The number of hydrogen-bond donors (Lipinski definition) is 1. The summed E-state index contributed by atoms with van der Waals surface area (Å²) in [6.07, 6.45) is 0.273. The first-order chi connectivity index (χ1) is 6.74. The second kappa shape index (κ2) is 5.78. The van der Waals surface area contributed by atoms with Crippen molar-refractivity contribution in [2.45, 2.75) is 39.1 Å². The second-order valence-corrected chi connectivity index (χ2v) is 3.48. The van der Waals surface area contributed by atoms with Gasteiger partial charge in [0.25, 0.3) is 0 Å². The molecular weight excluding hydrogens is 176 g/mol. The summed E-state index contributed by atoms with van der Waals surface area (Å²) in [5.74, 6) is 0. The van der Waals surface area contributed by atoms with Crippen LogP contribution in [0.5, 0.6) is 0 Å². The van der Waals surface area contributed by atoms with Crippen LogP contribution >= 0.6 is 0 Å². The van der Waals surface area contributed by atoms with Crippen LogP contribution in [0, 0.1) is 0 Å². The van der Waals surface area contributed by atoms with Crippen LogP contribution in [0.3, 0.4) is 0 Å². The summed E-state index contributed by atoms with van der Waals surface area (Å²) in [7, 11) is 0. The van der Waals surface area contributed by atoms with Crippen LogP contribution in [0.15, 0.2) is 30.3 Å². The Morgan fingerprint density at radius 2 is 1.93 bits per heavy atom. The first-order valence-corrected chi connectivity index (χ1v) is 5.07. The van der Waals surface area contributed by atoms with Gasteiger partial charge in [0.2, 0.25) is 0 Å². The molecule has 0 heterocycles. The fraction of sp³-hybridized carbons (Fsp3) is 0.500. The Morgan fingerprint density at radius 1 is 1.29 bits per heavy atom.